The molecule has 0 bridgehead atoms. The summed E-state index contributed by atoms with van der Waals surface area (Å²) in [6.07, 6.45) is 47.9. The van der Waals surface area contributed by atoms with Crippen molar-refractivity contribution in [1.29, 1.82) is 0 Å². The molecular weight excluding hydrogens is 981 g/mol. The van der Waals surface area contributed by atoms with Crippen LogP contribution in [0.3, 0.4) is 0 Å². The van der Waals surface area contributed by atoms with Crippen LogP contribution in [0, 0.1) is 0 Å². The molecule has 2 aliphatic heterocycles. The van der Waals surface area contributed by atoms with Crippen LogP contribution in [0.15, 0.2) is 85.1 Å². The second kappa shape index (κ2) is 49.0. The molecule has 14 heteroatoms. The largest absolute Gasteiger partial charge is 0.457 e. The van der Waals surface area contributed by atoms with Gasteiger partial charge in [-0.2, -0.15) is 0 Å². The summed E-state index contributed by atoms with van der Waals surface area (Å²) in [5.41, 5.74) is 0. The number of carbonyl (C=O) groups excluding carboxylic acids is 1. The molecule has 0 spiro atoms. The molecule has 2 saturated heterocycles. The summed E-state index contributed by atoms with van der Waals surface area (Å²) in [4.78, 5) is 13.1. The maximum absolute atomic E-state index is 13.1. The summed E-state index contributed by atoms with van der Waals surface area (Å²) in [5.74, 6) is -0.388. The lowest BCUT2D eigenvalue weighted by molar-refractivity contribution is -0.332. The molecule has 77 heavy (non-hydrogen) atoms. The first-order valence-electron chi connectivity index (χ1n) is 30.2. The van der Waals surface area contributed by atoms with E-state index in [4.69, 9.17) is 28.4 Å². The van der Waals surface area contributed by atoms with Crippen LogP contribution in [0.5, 0.6) is 0 Å². The summed E-state index contributed by atoms with van der Waals surface area (Å²) >= 11 is 0. The molecular formula is C63H108O14. The van der Waals surface area contributed by atoms with Crippen molar-refractivity contribution in [3.63, 3.8) is 0 Å². The molecule has 14 nitrogen and oxygen atoms in total. The van der Waals surface area contributed by atoms with E-state index in [-0.39, 0.29) is 25.6 Å². The van der Waals surface area contributed by atoms with Gasteiger partial charge in [-0.3, -0.25) is 4.79 Å². The van der Waals surface area contributed by atoms with Gasteiger partial charge in [0.15, 0.2) is 12.6 Å². The van der Waals surface area contributed by atoms with E-state index in [9.17, 15) is 40.5 Å². The van der Waals surface area contributed by atoms with Crippen LogP contribution in [-0.2, 0) is 33.2 Å². The molecule has 2 rings (SSSR count). The molecule has 0 saturated carbocycles. The van der Waals surface area contributed by atoms with Crippen molar-refractivity contribution in [2.75, 3.05) is 33.0 Å². The summed E-state index contributed by atoms with van der Waals surface area (Å²) in [6, 6.07) is 0. The monoisotopic (exact) mass is 1090 g/mol. The Balaban J connectivity index is 1.68. The topological polar surface area (TPSA) is 214 Å². The smallest absolute Gasteiger partial charge is 0.306 e. The first kappa shape index (κ1) is 70.3. The summed E-state index contributed by atoms with van der Waals surface area (Å²) in [6.45, 7) is 3.45. The lowest BCUT2D eigenvalue weighted by Crippen LogP contribution is -2.61. The normalized spacial score (nSPS) is 24.9. The number of aliphatic hydroxyl groups excluding tert-OH is 7. The Labute approximate surface area is 465 Å². The zero-order valence-corrected chi connectivity index (χ0v) is 47.7. The summed E-state index contributed by atoms with van der Waals surface area (Å²) in [7, 11) is 0. The summed E-state index contributed by atoms with van der Waals surface area (Å²) in [5, 5.41) is 72.4. The predicted molar refractivity (Wildman–Crippen MR) is 307 cm³/mol. The Hall–Kier alpha value is -2.83. The number of hydrogen-bond acceptors (Lipinski definition) is 14. The molecule has 2 fully saturated rings. The van der Waals surface area contributed by atoms with Gasteiger partial charge in [0.1, 0.15) is 54.9 Å². The van der Waals surface area contributed by atoms with Crippen molar-refractivity contribution < 1.29 is 69.0 Å². The van der Waals surface area contributed by atoms with E-state index in [1.165, 1.54) is 83.5 Å². The number of allylic oxidation sites excluding steroid dienone is 14. The van der Waals surface area contributed by atoms with Crippen LogP contribution >= 0.6 is 0 Å². The molecule has 2 aliphatic rings. The van der Waals surface area contributed by atoms with Gasteiger partial charge in [0, 0.05) is 13.0 Å². The first-order chi connectivity index (χ1) is 37.6. The van der Waals surface area contributed by atoms with Crippen molar-refractivity contribution in [3.8, 4) is 0 Å². The molecule has 0 radical (unpaired) electrons. The van der Waals surface area contributed by atoms with Crippen LogP contribution in [0.4, 0.5) is 0 Å². The average molecular weight is 1090 g/mol. The molecule has 11 unspecified atom stereocenters. The van der Waals surface area contributed by atoms with Gasteiger partial charge < -0.3 is 64.2 Å². The number of unbranched alkanes of at least 4 members (excludes halogenated alkanes) is 20. The number of rotatable bonds is 48. The molecule has 0 amide bonds. The number of hydrogen-bond donors (Lipinski definition) is 7. The third kappa shape index (κ3) is 35.5. The Kier molecular flexibility index (Phi) is 44.7. The van der Waals surface area contributed by atoms with Crippen molar-refractivity contribution >= 4 is 5.97 Å². The maximum Gasteiger partial charge on any atom is 0.306 e. The minimum absolute atomic E-state index is 0.0528. The first-order valence-corrected chi connectivity index (χ1v) is 30.2. The minimum atomic E-state index is -1.71. The van der Waals surface area contributed by atoms with E-state index in [0.717, 1.165) is 96.3 Å². The van der Waals surface area contributed by atoms with E-state index in [2.05, 4.69) is 98.9 Å². The van der Waals surface area contributed by atoms with E-state index >= 15 is 0 Å². The van der Waals surface area contributed by atoms with Gasteiger partial charge in [0.25, 0.3) is 0 Å². The fourth-order valence-corrected chi connectivity index (χ4v) is 9.12. The molecule has 2 heterocycles. The van der Waals surface area contributed by atoms with Gasteiger partial charge in [0.05, 0.1) is 26.4 Å². The molecule has 0 aromatic rings. The molecule has 0 aromatic carbocycles. The fourth-order valence-electron chi connectivity index (χ4n) is 9.12. The second-order valence-corrected chi connectivity index (χ2v) is 20.8. The van der Waals surface area contributed by atoms with Crippen molar-refractivity contribution in [2.24, 2.45) is 0 Å². The quantitative estimate of drug-likeness (QED) is 0.0172. The highest BCUT2D eigenvalue weighted by atomic mass is 16.7. The van der Waals surface area contributed by atoms with Crippen LogP contribution in [0.1, 0.15) is 206 Å². The Morgan fingerprint density at radius 3 is 1.26 bits per heavy atom. The van der Waals surface area contributed by atoms with E-state index in [1.54, 1.807) is 0 Å². The Bertz CT molecular complexity index is 1590. The van der Waals surface area contributed by atoms with Gasteiger partial charge in [-0.25, -0.2) is 0 Å². The van der Waals surface area contributed by atoms with Crippen LogP contribution in [-0.4, -0.2) is 142 Å². The van der Waals surface area contributed by atoms with E-state index in [1.807, 2.05) is 0 Å². The molecule has 0 aliphatic carbocycles. The van der Waals surface area contributed by atoms with Crippen LogP contribution < -0.4 is 0 Å². The number of aliphatic hydroxyl groups is 7. The molecule has 444 valence electrons. The third-order valence-corrected chi connectivity index (χ3v) is 13.9. The highest BCUT2D eigenvalue weighted by Gasteiger charge is 2.47. The van der Waals surface area contributed by atoms with Crippen molar-refractivity contribution in [3.05, 3.63) is 85.1 Å². The highest BCUT2D eigenvalue weighted by Crippen LogP contribution is 2.27. The molecule has 0 aromatic heterocycles. The number of esters is 1. The fraction of sp³-hybridized carbons (Fsp3) is 0.762. The van der Waals surface area contributed by atoms with Crippen molar-refractivity contribution in [2.45, 2.75) is 274 Å². The standard InChI is InChI=1S/C63H108O14/c1-3-5-7-9-11-13-15-17-19-21-22-23-24-25-26-27-28-29-31-33-35-37-39-41-43-45-47-72-49-52(75-55(65)46-44-42-40-38-36-34-32-30-20-18-16-14-12-10-8-6-4-2)50-73-62-61(71)59(69)57(67)54(77-62)51-74-63-60(70)58(68)56(66)53(48-64)76-63/h5-8,11-14,17-20,22-23,52-54,56-64,66-71H,3-4,9-10,15-16,21,24-51H2,1-2H3/b7-5-,8-6-,13-11-,14-12-,19-17-,20-18-,23-22-. The SMILES string of the molecule is CC/C=C\C/C=C\C/C=C\C/C=C\CCCCCCCCCCCCCCCOCC(COC1OC(COC2OC(CO)C(O)C(O)C2O)C(O)C(O)C1O)OC(=O)CCCCCCCCC/C=C\C/C=C\C/C=C\CC. The van der Waals surface area contributed by atoms with Gasteiger partial charge in [0.2, 0.25) is 0 Å². The minimum Gasteiger partial charge on any atom is -0.457 e. The second-order valence-electron chi connectivity index (χ2n) is 20.8. The lowest BCUT2D eigenvalue weighted by atomic mass is 9.98. The van der Waals surface area contributed by atoms with E-state index in [0.29, 0.717) is 13.0 Å². The molecule has 11 atom stereocenters. The highest BCUT2D eigenvalue weighted by molar-refractivity contribution is 5.69. The van der Waals surface area contributed by atoms with Gasteiger partial charge in [-0.15, -0.1) is 0 Å². The zero-order chi connectivity index (χ0) is 55.8. The van der Waals surface area contributed by atoms with E-state index < -0.39 is 80.7 Å². The van der Waals surface area contributed by atoms with Gasteiger partial charge in [-0.05, 0) is 83.5 Å². The number of carbonyl (C=O) groups is 1. The average Bonchev–Trinajstić information content (AvgIpc) is 3.43. The Morgan fingerprint density at radius 2 is 0.805 bits per heavy atom. The summed E-state index contributed by atoms with van der Waals surface area (Å²) < 4.78 is 34.4. The zero-order valence-electron chi connectivity index (χ0n) is 47.7. The van der Waals surface area contributed by atoms with Gasteiger partial charge >= 0.3 is 5.97 Å². The molecule has 7 N–H and O–H groups in total. The van der Waals surface area contributed by atoms with Gasteiger partial charge in [-0.1, -0.05) is 202 Å². The number of ether oxygens (including phenoxy) is 6. The Morgan fingerprint density at radius 1 is 0.429 bits per heavy atom. The predicted octanol–water partition coefficient (Wildman–Crippen LogP) is 11.2. The van der Waals surface area contributed by atoms with Crippen molar-refractivity contribution in [1.82, 2.24) is 0 Å². The maximum atomic E-state index is 13.1. The van der Waals surface area contributed by atoms with Crippen LogP contribution in [0.25, 0.3) is 0 Å². The lowest BCUT2D eigenvalue weighted by Gasteiger charge is -2.42. The third-order valence-electron chi connectivity index (χ3n) is 13.9. The van der Waals surface area contributed by atoms with Crippen LogP contribution in [0.2, 0.25) is 0 Å².